The molecule has 12 heteroatoms. The van der Waals surface area contributed by atoms with Crippen molar-refractivity contribution in [3.05, 3.63) is 30.7 Å². The number of amides is 1. The Hall–Kier alpha value is -4.22. The monoisotopic (exact) mass is 488 g/mol. The Morgan fingerprint density at radius 2 is 2.03 bits per heavy atom. The SMILES string of the molecule is CC1CCOc2c(cnn2C)-c2nccc(n2)Nc2cc3c(cn2)c(N2CC(C(=O)N(C)C)C2)nn31. The van der Waals surface area contributed by atoms with Crippen LogP contribution in [0.2, 0.25) is 0 Å². The summed E-state index contributed by atoms with van der Waals surface area (Å²) >= 11 is 0. The molecule has 0 saturated carbocycles. The highest BCUT2D eigenvalue weighted by Gasteiger charge is 2.36. The number of fused-ring (bicyclic) bond motifs is 5. The Balaban J connectivity index is 1.39. The summed E-state index contributed by atoms with van der Waals surface area (Å²) in [6, 6.07) is 3.85. The molecular weight excluding hydrogens is 460 g/mol. The van der Waals surface area contributed by atoms with E-state index in [9.17, 15) is 4.79 Å². The lowest BCUT2D eigenvalue weighted by Gasteiger charge is -2.39. The average Bonchev–Trinajstić information content (AvgIpc) is 3.38. The van der Waals surface area contributed by atoms with Crippen LogP contribution in [-0.2, 0) is 11.8 Å². The second-order valence-electron chi connectivity index (χ2n) is 9.55. The Labute approximate surface area is 207 Å². The van der Waals surface area contributed by atoms with Crippen LogP contribution < -0.4 is 15.0 Å². The van der Waals surface area contributed by atoms with E-state index in [0.717, 1.165) is 28.7 Å². The molecule has 1 fully saturated rings. The van der Waals surface area contributed by atoms with Crippen molar-refractivity contribution in [2.24, 2.45) is 13.0 Å². The van der Waals surface area contributed by atoms with Crippen LogP contribution in [0.15, 0.2) is 30.7 Å². The van der Waals surface area contributed by atoms with Gasteiger partial charge in [0.2, 0.25) is 11.8 Å². The molecule has 36 heavy (non-hydrogen) atoms. The summed E-state index contributed by atoms with van der Waals surface area (Å²) in [4.78, 5) is 29.9. The molecule has 12 nitrogen and oxygen atoms in total. The Bertz CT molecular complexity index is 1450. The van der Waals surface area contributed by atoms with Crippen molar-refractivity contribution < 1.29 is 9.53 Å². The lowest BCUT2D eigenvalue weighted by Crippen LogP contribution is -2.53. The molecule has 0 radical (unpaired) electrons. The molecule has 1 N–H and O–H groups in total. The fourth-order valence-electron chi connectivity index (χ4n) is 4.72. The second-order valence-corrected chi connectivity index (χ2v) is 9.55. The lowest BCUT2D eigenvalue weighted by atomic mass is 9.98. The van der Waals surface area contributed by atoms with Crippen LogP contribution in [-0.4, -0.2) is 79.1 Å². The van der Waals surface area contributed by atoms with E-state index in [1.165, 1.54) is 0 Å². The smallest absolute Gasteiger partial charge is 0.228 e. The maximum Gasteiger partial charge on any atom is 0.228 e. The highest BCUT2D eigenvalue weighted by molar-refractivity contribution is 5.93. The number of aromatic nitrogens is 7. The lowest BCUT2D eigenvalue weighted by molar-refractivity contribution is -0.133. The standard InChI is InChI=1S/C24H28N10O2/c1-14-6-8-36-24-17(11-27-32(24)4)21-25-7-5-19(29-21)28-20-9-18-16(10-26-20)22(30-34(14)18)33-12-15(13-33)23(35)31(2)3/h5,7,9-11,14-15H,6,8,12-13H2,1-4H3,(H,25,26,28,29). The first-order chi connectivity index (χ1) is 17.4. The topological polar surface area (TPSA) is 119 Å². The summed E-state index contributed by atoms with van der Waals surface area (Å²) < 4.78 is 9.89. The molecule has 1 atom stereocenters. The molecule has 1 amide bonds. The molecule has 6 rings (SSSR count). The molecule has 2 aliphatic heterocycles. The van der Waals surface area contributed by atoms with Crippen LogP contribution in [0.25, 0.3) is 22.3 Å². The summed E-state index contributed by atoms with van der Waals surface area (Å²) in [5.74, 6) is 3.41. The van der Waals surface area contributed by atoms with Gasteiger partial charge in [0.05, 0.1) is 35.7 Å². The molecule has 186 valence electrons. The molecule has 0 aliphatic carbocycles. The van der Waals surface area contributed by atoms with Crippen LogP contribution >= 0.6 is 0 Å². The van der Waals surface area contributed by atoms with E-state index < -0.39 is 0 Å². The van der Waals surface area contributed by atoms with Gasteiger partial charge in [-0.1, -0.05) is 0 Å². The molecule has 0 spiro atoms. The van der Waals surface area contributed by atoms with Gasteiger partial charge in [0, 0.05) is 59.1 Å². The largest absolute Gasteiger partial charge is 0.477 e. The zero-order valence-corrected chi connectivity index (χ0v) is 20.7. The molecule has 0 aromatic carbocycles. The fraction of sp³-hybridized carbons (Fsp3) is 0.417. The first-order valence-electron chi connectivity index (χ1n) is 12.0. The number of aryl methyl sites for hydroxylation is 1. The molecule has 4 aromatic rings. The highest BCUT2D eigenvalue weighted by atomic mass is 16.5. The Morgan fingerprint density at radius 3 is 2.83 bits per heavy atom. The van der Waals surface area contributed by atoms with Crippen molar-refractivity contribution in [3.8, 4) is 17.3 Å². The number of carbonyl (C=O) groups excluding carboxylic acids is 1. The van der Waals surface area contributed by atoms with Gasteiger partial charge in [-0.3, -0.25) is 9.48 Å². The minimum absolute atomic E-state index is 0.0124. The number of hydrogen-bond donors (Lipinski definition) is 1. The average molecular weight is 489 g/mol. The predicted molar refractivity (Wildman–Crippen MR) is 134 cm³/mol. The normalized spacial score (nSPS) is 17.7. The minimum Gasteiger partial charge on any atom is -0.477 e. The molecule has 2 aliphatic rings. The molecule has 6 heterocycles. The van der Waals surface area contributed by atoms with Gasteiger partial charge >= 0.3 is 0 Å². The van der Waals surface area contributed by atoms with Gasteiger partial charge in [0.1, 0.15) is 17.2 Å². The van der Waals surface area contributed by atoms with E-state index in [1.54, 1.807) is 42.1 Å². The van der Waals surface area contributed by atoms with Gasteiger partial charge in [0.15, 0.2) is 11.6 Å². The van der Waals surface area contributed by atoms with Crippen molar-refractivity contribution in [1.82, 2.24) is 39.4 Å². The van der Waals surface area contributed by atoms with Crippen LogP contribution in [0, 0.1) is 5.92 Å². The van der Waals surface area contributed by atoms with Gasteiger partial charge in [-0.05, 0) is 13.0 Å². The molecule has 1 saturated heterocycles. The Morgan fingerprint density at radius 1 is 1.19 bits per heavy atom. The second kappa shape index (κ2) is 8.47. The Kier molecular flexibility index (Phi) is 5.23. The number of ether oxygens (including phenoxy) is 1. The quantitative estimate of drug-likeness (QED) is 0.453. The summed E-state index contributed by atoms with van der Waals surface area (Å²) in [5, 5.41) is 13.6. The predicted octanol–water partition coefficient (Wildman–Crippen LogP) is 2.23. The number of hydrogen-bond acceptors (Lipinski definition) is 9. The van der Waals surface area contributed by atoms with Gasteiger partial charge in [-0.15, -0.1) is 0 Å². The minimum atomic E-state index is -0.0124. The van der Waals surface area contributed by atoms with Crippen molar-refractivity contribution in [1.29, 1.82) is 0 Å². The van der Waals surface area contributed by atoms with Crippen molar-refractivity contribution >= 4 is 34.3 Å². The third-order valence-electron chi connectivity index (χ3n) is 6.77. The maximum atomic E-state index is 12.4. The summed E-state index contributed by atoms with van der Waals surface area (Å²) in [5.41, 5.74) is 1.70. The van der Waals surface area contributed by atoms with Gasteiger partial charge < -0.3 is 19.9 Å². The van der Waals surface area contributed by atoms with Crippen molar-refractivity contribution in [2.45, 2.75) is 19.4 Å². The summed E-state index contributed by atoms with van der Waals surface area (Å²) in [7, 11) is 5.43. The number of carbonyl (C=O) groups is 1. The van der Waals surface area contributed by atoms with Gasteiger partial charge in [0.25, 0.3) is 0 Å². The van der Waals surface area contributed by atoms with Gasteiger partial charge in [-0.2, -0.15) is 10.2 Å². The third kappa shape index (κ3) is 3.69. The molecule has 4 bridgehead atoms. The zero-order valence-electron chi connectivity index (χ0n) is 20.7. The van der Waals surface area contributed by atoms with Crippen molar-refractivity contribution in [3.63, 3.8) is 0 Å². The molecular formula is C24H28N10O2. The molecule has 4 aromatic heterocycles. The van der Waals surface area contributed by atoms with Gasteiger partial charge in [-0.25, -0.2) is 19.6 Å². The zero-order chi connectivity index (χ0) is 25.0. The van der Waals surface area contributed by atoms with E-state index in [1.807, 2.05) is 24.0 Å². The number of rotatable bonds is 2. The number of nitrogens with zero attached hydrogens (tertiary/aromatic N) is 9. The first-order valence-corrected chi connectivity index (χ1v) is 12.0. The number of anilines is 3. The van der Waals surface area contributed by atoms with Crippen LogP contribution in [0.5, 0.6) is 5.88 Å². The summed E-state index contributed by atoms with van der Waals surface area (Å²) in [6.45, 7) is 3.90. The van der Waals surface area contributed by atoms with E-state index in [-0.39, 0.29) is 17.9 Å². The first kappa shape index (κ1) is 22.3. The maximum absolute atomic E-state index is 12.4. The van der Waals surface area contributed by atoms with Crippen LogP contribution in [0.1, 0.15) is 19.4 Å². The summed E-state index contributed by atoms with van der Waals surface area (Å²) in [6.07, 6.45) is 5.99. The number of nitrogens with one attached hydrogen (secondary N) is 1. The van der Waals surface area contributed by atoms with Crippen molar-refractivity contribution in [2.75, 3.05) is 44.0 Å². The number of pyridine rings is 1. The van der Waals surface area contributed by atoms with E-state index in [2.05, 4.69) is 37.2 Å². The van der Waals surface area contributed by atoms with Crippen LogP contribution in [0.3, 0.4) is 0 Å². The molecule has 1 unspecified atom stereocenters. The van der Waals surface area contributed by atoms with Crippen LogP contribution in [0.4, 0.5) is 17.5 Å². The van der Waals surface area contributed by atoms with E-state index in [0.29, 0.717) is 43.0 Å². The fourth-order valence-corrected chi connectivity index (χ4v) is 4.72. The van der Waals surface area contributed by atoms with E-state index in [4.69, 9.17) is 9.84 Å². The third-order valence-corrected chi connectivity index (χ3v) is 6.77. The van der Waals surface area contributed by atoms with E-state index >= 15 is 0 Å². The highest BCUT2D eigenvalue weighted by Crippen LogP contribution is 2.35.